The van der Waals surface area contributed by atoms with E-state index >= 15 is 0 Å². The summed E-state index contributed by atoms with van der Waals surface area (Å²) in [5.74, 6) is -3.53. The van der Waals surface area contributed by atoms with Crippen LogP contribution in [0.2, 0.25) is 0 Å². The molecule has 0 bridgehead atoms. The zero-order valence-corrected chi connectivity index (χ0v) is 14.2. The van der Waals surface area contributed by atoms with Gasteiger partial charge in [0, 0.05) is 22.6 Å². The number of phenols is 3. The fraction of sp³-hybridized carbons (Fsp3) is 0.250. The van der Waals surface area contributed by atoms with Gasteiger partial charge < -0.3 is 20.4 Å². The Bertz CT molecular complexity index is 1040. The summed E-state index contributed by atoms with van der Waals surface area (Å²) in [6, 6.07) is 4.05. The summed E-state index contributed by atoms with van der Waals surface area (Å²) in [4.78, 5) is 37.6. The standard InChI is InChI=1S/C20H16O7/c21-7-13(23)8-4-5-9-11(6-8)19(26)15-16(17(9)24)20(27)14-10(18(15)25)2-1-3-12(14)22/h1-3,8,21-22,24,26H,4-7H2. The van der Waals surface area contributed by atoms with E-state index in [9.17, 15) is 29.7 Å². The molecule has 0 heterocycles. The Labute approximate surface area is 153 Å². The number of benzene rings is 2. The maximum Gasteiger partial charge on any atom is 0.202 e. The van der Waals surface area contributed by atoms with Crippen LogP contribution in [0.3, 0.4) is 0 Å². The molecule has 7 nitrogen and oxygen atoms in total. The minimum absolute atomic E-state index is 0.0547. The number of hydrogen-bond donors (Lipinski definition) is 4. The van der Waals surface area contributed by atoms with Gasteiger partial charge in [-0.3, -0.25) is 14.4 Å². The van der Waals surface area contributed by atoms with Gasteiger partial charge in [-0.05, 0) is 25.3 Å². The predicted molar refractivity (Wildman–Crippen MR) is 92.4 cm³/mol. The Morgan fingerprint density at radius 3 is 2.33 bits per heavy atom. The first kappa shape index (κ1) is 17.2. The van der Waals surface area contributed by atoms with E-state index in [0.29, 0.717) is 12.0 Å². The Morgan fingerprint density at radius 1 is 0.963 bits per heavy atom. The van der Waals surface area contributed by atoms with Crippen molar-refractivity contribution in [3.8, 4) is 17.2 Å². The van der Waals surface area contributed by atoms with E-state index in [4.69, 9.17) is 5.11 Å². The highest BCUT2D eigenvalue weighted by Gasteiger charge is 2.40. The summed E-state index contributed by atoms with van der Waals surface area (Å²) in [6.45, 7) is -0.623. The molecule has 4 N–H and O–H groups in total. The predicted octanol–water partition coefficient (Wildman–Crippen LogP) is 1.25. The lowest BCUT2D eigenvalue weighted by Gasteiger charge is -2.29. The Hall–Kier alpha value is -3.19. The van der Waals surface area contributed by atoms with Gasteiger partial charge in [0.1, 0.15) is 23.9 Å². The molecule has 4 rings (SSSR count). The minimum Gasteiger partial charge on any atom is -0.507 e. The molecule has 0 amide bonds. The monoisotopic (exact) mass is 368 g/mol. The smallest absolute Gasteiger partial charge is 0.202 e. The van der Waals surface area contributed by atoms with Crippen LogP contribution in [0.5, 0.6) is 17.2 Å². The molecular formula is C20H16O7. The quantitative estimate of drug-likeness (QED) is 0.500. The third-order valence-electron chi connectivity index (χ3n) is 5.43. The molecule has 2 aromatic rings. The molecule has 0 radical (unpaired) electrons. The number of rotatable bonds is 2. The summed E-state index contributed by atoms with van der Waals surface area (Å²) in [7, 11) is 0. The van der Waals surface area contributed by atoms with Gasteiger partial charge in [-0.15, -0.1) is 0 Å². The normalized spacial score (nSPS) is 17.9. The highest BCUT2D eigenvalue weighted by Crippen LogP contribution is 2.47. The van der Waals surface area contributed by atoms with Gasteiger partial charge >= 0.3 is 0 Å². The summed E-state index contributed by atoms with van der Waals surface area (Å²) < 4.78 is 0. The number of aliphatic hydroxyl groups excluding tert-OH is 1. The highest BCUT2D eigenvalue weighted by molar-refractivity contribution is 6.31. The van der Waals surface area contributed by atoms with Crippen molar-refractivity contribution in [3.63, 3.8) is 0 Å². The van der Waals surface area contributed by atoms with Crippen LogP contribution in [-0.4, -0.2) is 44.4 Å². The summed E-state index contributed by atoms with van der Waals surface area (Å²) in [5.41, 5.74) is -0.333. The van der Waals surface area contributed by atoms with Crippen molar-refractivity contribution in [2.75, 3.05) is 6.61 Å². The number of aromatic hydroxyl groups is 3. The maximum atomic E-state index is 12.9. The van der Waals surface area contributed by atoms with Crippen molar-refractivity contribution in [3.05, 3.63) is 51.6 Å². The van der Waals surface area contributed by atoms with Crippen molar-refractivity contribution < 1.29 is 34.8 Å². The van der Waals surface area contributed by atoms with Crippen LogP contribution in [-0.2, 0) is 17.6 Å². The third-order valence-corrected chi connectivity index (χ3v) is 5.43. The lowest BCUT2D eigenvalue weighted by molar-refractivity contribution is -0.125. The van der Waals surface area contributed by atoms with Crippen LogP contribution >= 0.6 is 0 Å². The van der Waals surface area contributed by atoms with Crippen LogP contribution in [0.1, 0.15) is 49.4 Å². The van der Waals surface area contributed by atoms with E-state index in [2.05, 4.69) is 0 Å². The number of fused-ring (bicyclic) bond motifs is 3. The van der Waals surface area contributed by atoms with E-state index in [0.717, 1.165) is 0 Å². The van der Waals surface area contributed by atoms with Gasteiger partial charge in [0.2, 0.25) is 5.78 Å². The SMILES string of the molecule is O=C1c2cccc(O)c2C(=O)c2c(O)c3c(c(O)c21)CC(C(=O)CO)CC3. The third kappa shape index (κ3) is 2.28. The van der Waals surface area contributed by atoms with Crippen LogP contribution in [0.4, 0.5) is 0 Å². The molecule has 0 aliphatic heterocycles. The molecule has 1 unspecified atom stereocenters. The van der Waals surface area contributed by atoms with Gasteiger partial charge in [-0.25, -0.2) is 0 Å². The van der Waals surface area contributed by atoms with Crippen molar-refractivity contribution >= 4 is 17.3 Å². The van der Waals surface area contributed by atoms with Gasteiger partial charge in [0.05, 0.1) is 16.7 Å². The van der Waals surface area contributed by atoms with Crippen molar-refractivity contribution in [2.24, 2.45) is 5.92 Å². The molecule has 0 aromatic heterocycles. The second kappa shape index (κ2) is 5.92. The average Bonchev–Trinajstić information content (AvgIpc) is 2.67. The number of phenolic OH excluding ortho intramolecular Hbond substituents is 3. The van der Waals surface area contributed by atoms with Crippen molar-refractivity contribution in [1.82, 2.24) is 0 Å². The number of hydrogen-bond acceptors (Lipinski definition) is 7. The van der Waals surface area contributed by atoms with E-state index in [1.165, 1.54) is 18.2 Å². The van der Waals surface area contributed by atoms with Crippen LogP contribution in [0, 0.1) is 5.92 Å². The molecular weight excluding hydrogens is 352 g/mol. The van der Waals surface area contributed by atoms with Crippen LogP contribution in [0.15, 0.2) is 18.2 Å². The molecule has 0 saturated carbocycles. The number of Topliss-reactive ketones (excluding diaryl/α,β-unsaturated/α-hetero) is 1. The molecule has 2 aliphatic carbocycles. The second-order valence-corrected chi connectivity index (χ2v) is 6.83. The van der Waals surface area contributed by atoms with E-state index in [1.807, 2.05) is 0 Å². The van der Waals surface area contributed by atoms with Gasteiger partial charge in [0.15, 0.2) is 11.6 Å². The summed E-state index contributed by atoms with van der Waals surface area (Å²) in [6.07, 6.45) is 0.630. The first-order valence-corrected chi connectivity index (χ1v) is 8.51. The number of carbonyl (C=O) groups excluding carboxylic acids is 3. The number of ketones is 3. The van der Waals surface area contributed by atoms with Gasteiger partial charge in [-0.1, -0.05) is 12.1 Å². The zero-order valence-electron chi connectivity index (χ0n) is 14.2. The highest BCUT2D eigenvalue weighted by atomic mass is 16.3. The molecule has 7 heteroatoms. The van der Waals surface area contributed by atoms with Crippen LogP contribution in [0.25, 0.3) is 0 Å². The molecule has 2 aromatic carbocycles. The topological polar surface area (TPSA) is 132 Å². The Kier molecular flexibility index (Phi) is 3.78. The zero-order chi connectivity index (χ0) is 19.5. The van der Waals surface area contributed by atoms with E-state index in [1.54, 1.807) is 0 Å². The molecule has 0 saturated heterocycles. The van der Waals surface area contributed by atoms with E-state index < -0.39 is 35.6 Å². The lowest BCUT2D eigenvalue weighted by atomic mass is 9.75. The fourth-order valence-electron chi connectivity index (χ4n) is 4.05. The second-order valence-electron chi connectivity index (χ2n) is 6.83. The number of aliphatic hydroxyl groups is 1. The fourth-order valence-corrected chi connectivity index (χ4v) is 4.05. The van der Waals surface area contributed by atoms with Crippen LogP contribution < -0.4 is 0 Å². The van der Waals surface area contributed by atoms with Crippen molar-refractivity contribution in [2.45, 2.75) is 19.3 Å². The molecule has 138 valence electrons. The maximum absolute atomic E-state index is 12.9. The lowest BCUT2D eigenvalue weighted by Crippen LogP contribution is -2.28. The largest absolute Gasteiger partial charge is 0.507 e. The molecule has 27 heavy (non-hydrogen) atoms. The number of carbonyl (C=O) groups is 3. The molecule has 0 fully saturated rings. The first-order chi connectivity index (χ1) is 12.9. The summed E-state index contributed by atoms with van der Waals surface area (Å²) in [5, 5.41) is 40.5. The minimum atomic E-state index is -0.734. The molecule has 1 atom stereocenters. The van der Waals surface area contributed by atoms with Gasteiger partial charge in [0.25, 0.3) is 0 Å². The average molecular weight is 368 g/mol. The summed E-state index contributed by atoms with van der Waals surface area (Å²) >= 11 is 0. The first-order valence-electron chi connectivity index (χ1n) is 8.51. The van der Waals surface area contributed by atoms with Gasteiger partial charge in [-0.2, -0.15) is 0 Å². The molecule has 0 spiro atoms. The molecule has 2 aliphatic rings. The Morgan fingerprint density at radius 2 is 1.63 bits per heavy atom. The Balaban J connectivity index is 1.95. The van der Waals surface area contributed by atoms with Crippen molar-refractivity contribution in [1.29, 1.82) is 0 Å². The van der Waals surface area contributed by atoms with E-state index in [-0.39, 0.29) is 52.2 Å².